The first-order chi connectivity index (χ1) is 7.79. The molecule has 2 rings (SSSR count). The zero-order valence-corrected chi connectivity index (χ0v) is 9.89. The highest BCUT2D eigenvalue weighted by molar-refractivity contribution is 7.99. The van der Waals surface area contributed by atoms with Gasteiger partial charge < -0.3 is 15.2 Å². The molecule has 1 aliphatic rings. The van der Waals surface area contributed by atoms with Crippen LogP contribution in [0.3, 0.4) is 0 Å². The smallest absolute Gasteiger partial charge is 0.162 e. The highest BCUT2D eigenvalue weighted by atomic mass is 32.2. The van der Waals surface area contributed by atoms with Crippen molar-refractivity contribution in [2.45, 2.75) is 4.90 Å². The molecule has 0 unspecified atom stereocenters. The molecule has 0 radical (unpaired) electrons. The molecule has 16 heavy (non-hydrogen) atoms. The molecule has 3 nitrogen and oxygen atoms in total. The number of benzene rings is 1. The third kappa shape index (κ3) is 2.71. The van der Waals surface area contributed by atoms with Gasteiger partial charge in [-0.15, -0.1) is 11.8 Å². The Balaban J connectivity index is 2.03. The second kappa shape index (κ2) is 5.27. The van der Waals surface area contributed by atoms with Crippen LogP contribution < -0.4 is 15.2 Å². The Labute approximate surface area is 99.6 Å². The molecule has 0 saturated heterocycles. The van der Waals surface area contributed by atoms with Gasteiger partial charge in [-0.1, -0.05) is 12.2 Å². The molecule has 0 aromatic heterocycles. The van der Waals surface area contributed by atoms with Crippen molar-refractivity contribution < 1.29 is 9.47 Å². The van der Waals surface area contributed by atoms with Crippen molar-refractivity contribution in [3.63, 3.8) is 0 Å². The first kappa shape index (κ1) is 11.4. The van der Waals surface area contributed by atoms with Crippen LogP contribution in [-0.4, -0.2) is 25.5 Å². The Morgan fingerprint density at radius 3 is 2.81 bits per heavy atom. The van der Waals surface area contributed by atoms with Gasteiger partial charge in [0.15, 0.2) is 11.5 Å². The van der Waals surface area contributed by atoms with Crippen molar-refractivity contribution in [3.05, 3.63) is 30.4 Å². The topological polar surface area (TPSA) is 44.5 Å². The Bertz CT molecular complexity index is 393. The van der Waals surface area contributed by atoms with E-state index >= 15 is 0 Å². The van der Waals surface area contributed by atoms with Crippen LogP contribution in [0.5, 0.6) is 11.5 Å². The largest absolute Gasteiger partial charge is 0.486 e. The Morgan fingerprint density at radius 2 is 2.06 bits per heavy atom. The molecule has 4 heteroatoms. The van der Waals surface area contributed by atoms with E-state index in [9.17, 15) is 0 Å². The first-order valence-electron chi connectivity index (χ1n) is 5.19. The van der Waals surface area contributed by atoms with Crippen molar-refractivity contribution in [1.82, 2.24) is 0 Å². The summed E-state index contributed by atoms with van der Waals surface area (Å²) in [7, 11) is 0. The van der Waals surface area contributed by atoms with E-state index in [1.807, 2.05) is 18.2 Å². The van der Waals surface area contributed by atoms with E-state index in [1.54, 1.807) is 11.8 Å². The summed E-state index contributed by atoms with van der Waals surface area (Å²) in [5.74, 6) is 2.50. The number of hydrogen-bond donors (Lipinski definition) is 1. The number of nitrogens with two attached hydrogens (primary N) is 1. The zero-order valence-electron chi connectivity index (χ0n) is 9.07. The van der Waals surface area contributed by atoms with E-state index in [1.165, 1.54) is 0 Å². The molecule has 1 aromatic carbocycles. The third-order valence-electron chi connectivity index (χ3n) is 2.25. The molecule has 1 aromatic rings. The number of rotatable bonds is 4. The van der Waals surface area contributed by atoms with Gasteiger partial charge in [0.05, 0.1) is 0 Å². The molecule has 0 aliphatic carbocycles. The van der Waals surface area contributed by atoms with Gasteiger partial charge in [0.1, 0.15) is 13.2 Å². The predicted molar refractivity (Wildman–Crippen MR) is 66.4 cm³/mol. The van der Waals surface area contributed by atoms with Crippen LogP contribution in [0.1, 0.15) is 0 Å². The van der Waals surface area contributed by atoms with E-state index in [2.05, 4.69) is 6.58 Å². The number of fused-ring (bicyclic) bond motifs is 1. The van der Waals surface area contributed by atoms with Gasteiger partial charge in [-0.25, -0.2) is 0 Å². The summed E-state index contributed by atoms with van der Waals surface area (Å²) in [6, 6.07) is 5.98. The summed E-state index contributed by atoms with van der Waals surface area (Å²) in [6.45, 7) is 5.66. The van der Waals surface area contributed by atoms with Gasteiger partial charge in [-0.3, -0.25) is 0 Å². The van der Waals surface area contributed by atoms with Gasteiger partial charge in [0, 0.05) is 17.2 Å². The van der Waals surface area contributed by atoms with Crippen molar-refractivity contribution in [3.8, 4) is 11.5 Å². The van der Waals surface area contributed by atoms with Crippen molar-refractivity contribution >= 4 is 11.8 Å². The first-order valence-corrected chi connectivity index (χ1v) is 6.17. The molecular weight excluding hydrogens is 222 g/mol. The minimum absolute atomic E-state index is 0.539. The lowest BCUT2D eigenvalue weighted by Gasteiger charge is -2.18. The fourth-order valence-corrected chi connectivity index (χ4v) is 2.20. The van der Waals surface area contributed by atoms with E-state index in [0.29, 0.717) is 19.8 Å². The lowest BCUT2D eigenvalue weighted by molar-refractivity contribution is 0.171. The van der Waals surface area contributed by atoms with Crippen molar-refractivity contribution in [2.24, 2.45) is 5.73 Å². The normalized spacial score (nSPS) is 13.6. The second-order valence-corrected chi connectivity index (χ2v) is 4.60. The van der Waals surface area contributed by atoms with Gasteiger partial charge in [-0.2, -0.15) is 0 Å². The summed E-state index contributed by atoms with van der Waals surface area (Å²) in [5.41, 5.74) is 6.53. The molecule has 1 heterocycles. The summed E-state index contributed by atoms with van der Waals surface area (Å²) in [6.07, 6.45) is 0. The third-order valence-corrected chi connectivity index (χ3v) is 3.39. The Morgan fingerprint density at radius 1 is 1.31 bits per heavy atom. The maximum absolute atomic E-state index is 5.51. The fraction of sp³-hybridized carbons (Fsp3) is 0.333. The standard InChI is InChI=1S/C12H15NO2S/c1-9(7-13)8-16-10-2-3-11-12(6-10)15-5-4-14-11/h2-3,6H,1,4-5,7-8,13H2. The molecule has 0 saturated carbocycles. The second-order valence-electron chi connectivity index (χ2n) is 3.55. The maximum atomic E-state index is 5.51. The summed E-state index contributed by atoms with van der Waals surface area (Å²) in [5, 5.41) is 0. The van der Waals surface area contributed by atoms with Crippen LogP contribution in [0.15, 0.2) is 35.2 Å². The molecule has 2 N–H and O–H groups in total. The molecule has 0 fully saturated rings. The quantitative estimate of drug-likeness (QED) is 0.643. The lowest BCUT2D eigenvalue weighted by atomic mass is 10.3. The van der Waals surface area contributed by atoms with Crippen LogP contribution in [0.2, 0.25) is 0 Å². The SMILES string of the molecule is C=C(CN)CSc1ccc2c(c1)OCCO2. The molecular formula is C12H15NO2S. The molecule has 86 valence electrons. The minimum Gasteiger partial charge on any atom is -0.486 e. The molecule has 0 amide bonds. The van der Waals surface area contributed by atoms with Gasteiger partial charge >= 0.3 is 0 Å². The Hall–Kier alpha value is -1.13. The molecule has 0 bridgehead atoms. The van der Waals surface area contributed by atoms with E-state index in [-0.39, 0.29) is 0 Å². The highest BCUT2D eigenvalue weighted by Crippen LogP contribution is 2.34. The van der Waals surface area contributed by atoms with E-state index < -0.39 is 0 Å². The van der Waals surface area contributed by atoms with Crippen molar-refractivity contribution in [1.29, 1.82) is 0 Å². The van der Waals surface area contributed by atoms with E-state index in [0.717, 1.165) is 27.7 Å². The summed E-state index contributed by atoms with van der Waals surface area (Å²) < 4.78 is 11.0. The lowest BCUT2D eigenvalue weighted by Crippen LogP contribution is -2.15. The molecule has 1 aliphatic heterocycles. The molecule has 0 atom stereocenters. The van der Waals surface area contributed by atoms with Gasteiger partial charge in [-0.05, 0) is 18.2 Å². The summed E-state index contributed by atoms with van der Waals surface area (Å²) in [4.78, 5) is 1.15. The number of ether oxygens (including phenoxy) is 2. The average Bonchev–Trinajstić information content (AvgIpc) is 2.35. The fourth-order valence-electron chi connectivity index (χ4n) is 1.36. The van der Waals surface area contributed by atoms with Crippen LogP contribution in [-0.2, 0) is 0 Å². The van der Waals surface area contributed by atoms with Gasteiger partial charge in [0.25, 0.3) is 0 Å². The Kier molecular flexibility index (Phi) is 3.74. The zero-order chi connectivity index (χ0) is 11.4. The van der Waals surface area contributed by atoms with Crippen molar-refractivity contribution in [2.75, 3.05) is 25.5 Å². The average molecular weight is 237 g/mol. The van der Waals surface area contributed by atoms with E-state index in [4.69, 9.17) is 15.2 Å². The monoisotopic (exact) mass is 237 g/mol. The van der Waals surface area contributed by atoms with Crippen LogP contribution in [0.25, 0.3) is 0 Å². The maximum Gasteiger partial charge on any atom is 0.162 e. The van der Waals surface area contributed by atoms with Crippen LogP contribution >= 0.6 is 11.8 Å². The van der Waals surface area contributed by atoms with Crippen LogP contribution in [0.4, 0.5) is 0 Å². The highest BCUT2D eigenvalue weighted by Gasteiger charge is 2.11. The number of hydrogen-bond acceptors (Lipinski definition) is 4. The number of thioether (sulfide) groups is 1. The predicted octanol–water partition coefficient (Wildman–Crippen LogP) is 2.06. The minimum atomic E-state index is 0.539. The van der Waals surface area contributed by atoms with Crippen LogP contribution in [0, 0.1) is 0 Å². The molecule has 0 spiro atoms. The summed E-state index contributed by atoms with van der Waals surface area (Å²) >= 11 is 1.71. The van der Waals surface area contributed by atoms with Gasteiger partial charge in [0.2, 0.25) is 0 Å².